The van der Waals surface area contributed by atoms with Gasteiger partial charge in [0, 0.05) is 12.3 Å². The van der Waals surface area contributed by atoms with Crippen LogP contribution in [0.2, 0.25) is 0 Å². The van der Waals surface area contributed by atoms with E-state index in [1.165, 1.54) is 32.1 Å². The van der Waals surface area contributed by atoms with Gasteiger partial charge in [0.2, 0.25) is 0 Å². The van der Waals surface area contributed by atoms with Crippen molar-refractivity contribution in [3.63, 3.8) is 0 Å². The summed E-state index contributed by atoms with van der Waals surface area (Å²) in [7, 11) is 0. The van der Waals surface area contributed by atoms with Crippen LogP contribution in [0, 0.1) is 23.2 Å². The summed E-state index contributed by atoms with van der Waals surface area (Å²) in [6.07, 6.45) is 7.62. The third-order valence-electron chi connectivity index (χ3n) is 5.06. The maximum Gasteiger partial charge on any atom is 0.136 e. The molecule has 0 amide bonds. The molecule has 3 aliphatic rings. The summed E-state index contributed by atoms with van der Waals surface area (Å²) in [5.74, 6) is 2.79. The predicted octanol–water partition coefficient (Wildman–Crippen LogP) is 2.79. The smallest absolute Gasteiger partial charge is 0.136 e. The molecule has 0 heterocycles. The largest absolute Gasteiger partial charge is 0.299 e. The normalized spacial score (nSPS) is 53.9. The molecule has 3 fully saturated rings. The van der Waals surface area contributed by atoms with E-state index in [-0.39, 0.29) is 0 Å². The maximum atomic E-state index is 11.7. The topological polar surface area (TPSA) is 17.1 Å². The van der Waals surface area contributed by atoms with E-state index in [1.807, 2.05) is 0 Å². The van der Waals surface area contributed by atoms with Crippen LogP contribution in [0.3, 0.4) is 0 Å². The third kappa shape index (κ3) is 0.812. The van der Waals surface area contributed by atoms with Crippen molar-refractivity contribution in [3.05, 3.63) is 0 Å². The molecule has 0 radical (unpaired) electrons. The first kappa shape index (κ1) is 8.02. The lowest BCUT2D eigenvalue weighted by atomic mass is 9.45. The van der Waals surface area contributed by atoms with Crippen LogP contribution in [0.15, 0.2) is 0 Å². The van der Waals surface area contributed by atoms with Crippen molar-refractivity contribution < 1.29 is 4.79 Å². The lowest BCUT2D eigenvalue weighted by Gasteiger charge is -2.58. The fraction of sp³-hybridized carbons (Fsp3) is 0.917. The van der Waals surface area contributed by atoms with E-state index >= 15 is 0 Å². The molecule has 3 aliphatic carbocycles. The number of hydrogen-bond acceptors (Lipinski definition) is 1. The third-order valence-corrected chi connectivity index (χ3v) is 5.06. The van der Waals surface area contributed by atoms with E-state index in [9.17, 15) is 4.79 Å². The van der Waals surface area contributed by atoms with Crippen LogP contribution in [0.5, 0.6) is 0 Å². The highest BCUT2D eigenvalue weighted by Crippen LogP contribution is 2.66. The molecule has 3 saturated carbocycles. The number of carbonyl (C=O) groups excluding carboxylic acids is 1. The molecule has 4 atom stereocenters. The minimum atomic E-state index is 0.447. The van der Waals surface area contributed by atoms with Crippen LogP contribution in [0.4, 0.5) is 0 Å². The van der Waals surface area contributed by atoms with Gasteiger partial charge < -0.3 is 0 Å². The van der Waals surface area contributed by atoms with Crippen LogP contribution < -0.4 is 0 Å². The van der Waals surface area contributed by atoms with Crippen molar-refractivity contribution >= 4 is 5.78 Å². The van der Waals surface area contributed by atoms with Gasteiger partial charge in [0.25, 0.3) is 0 Å². The molecular weight excluding hydrogens is 160 g/mol. The summed E-state index contributed by atoms with van der Waals surface area (Å²) in [6, 6.07) is 0. The lowest BCUT2D eigenvalue weighted by Crippen LogP contribution is -2.55. The zero-order valence-corrected chi connectivity index (χ0v) is 8.38. The minimum absolute atomic E-state index is 0.447. The molecule has 1 nitrogen and oxygen atoms in total. The molecule has 1 heteroatoms. The Morgan fingerprint density at radius 3 is 2.92 bits per heavy atom. The molecule has 0 spiro atoms. The standard InChI is InChI=1S/C12H18O/c1-12-7-6-10(13)11(12)8-4-2-3-5-9(8)12/h8-9,11H,2-7H2,1H3/t8?,9?,11-,12-/m1/s1. The summed E-state index contributed by atoms with van der Waals surface area (Å²) in [4.78, 5) is 11.7. The molecule has 0 aromatic rings. The van der Waals surface area contributed by atoms with Gasteiger partial charge in [-0.05, 0) is 36.5 Å². The highest BCUT2D eigenvalue weighted by Gasteiger charge is 2.63. The number of carbonyl (C=O) groups is 1. The second-order valence-corrected chi connectivity index (χ2v) is 5.50. The second kappa shape index (κ2) is 2.37. The molecule has 3 rings (SSSR count). The Hall–Kier alpha value is -0.330. The molecule has 0 bridgehead atoms. The first-order chi connectivity index (χ1) is 6.23. The second-order valence-electron chi connectivity index (χ2n) is 5.50. The first-order valence-corrected chi connectivity index (χ1v) is 5.76. The van der Waals surface area contributed by atoms with E-state index in [2.05, 4.69) is 6.92 Å². The Balaban J connectivity index is 1.91. The van der Waals surface area contributed by atoms with E-state index in [0.717, 1.165) is 18.3 Å². The number of rotatable bonds is 0. The van der Waals surface area contributed by atoms with E-state index in [4.69, 9.17) is 0 Å². The number of Topliss-reactive ketones (excluding diaryl/α,β-unsaturated/α-hetero) is 1. The summed E-state index contributed by atoms with van der Waals surface area (Å²) >= 11 is 0. The quantitative estimate of drug-likeness (QED) is 0.557. The summed E-state index contributed by atoms with van der Waals surface area (Å²) in [6.45, 7) is 2.37. The van der Waals surface area contributed by atoms with E-state index in [0.29, 0.717) is 17.1 Å². The number of hydrogen-bond donors (Lipinski definition) is 0. The Kier molecular flexibility index (Phi) is 1.46. The number of fused-ring (bicyclic) bond motifs is 4. The average molecular weight is 178 g/mol. The van der Waals surface area contributed by atoms with E-state index in [1.54, 1.807) is 0 Å². The van der Waals surface area contributed by atoms with Crippen LogP contribution in [0.25, 0.3) is 0 Å². The Labute approximate surface area is 79.9 Å². The van der Waals surface area contributed by atoms with Crippen molar-refractivity contribution in [1.82, 2.24) is 0 Å². The average Bonchev–Trinajstić information content (AvgIpc) is 2.38. The Morgan fingerprint density at radius 2 is 2.08 bits per heavy atom. The van der Waals surface area contributed by atoms with E-state index < -0.39 is 0 Å². The van der Waals surface area contributed by atoms with Crippen molar-refractivity contribution in [2.24, 2.45) is 23.2 Å². The van der Waals surface area contributed by atoms with Crippen molar-refractivity contribution in [2.45, 2.75) is 45.4 Å². The van der Waals surface area contributed by atoms with Crippen LogP contribution in [0.1, 0.15) is 45.4 Å². The molecule has 0 saturated heterocycles. The summed E-state index contributed by atoms with van der Waals surface area (Å²) in [5, 5.41) is 0. The molecule has 2 unspecified atom stereocenters. The van der Waals surface area contributed by atoms with Crippen LogP contribution in [-0.4, -0.2) is 5.78 Å². The SMILES string of the molecule is C[C@]12CCC(=O)[C@H]1C1CCCCC12. The van der Waals surface area contributed by atoms with Crippen LogP contribution >= 0.6 is 0 Å². The maximum absolute atomic E-state index is 11.7. The van der Waals surface area contributed by atoms with Gasteiger partial charge in [-0.25, -0.2) is 0 Å². The van der Waals surface area contributed by atoms with Crippen molar-refractivity contribution in [2.75, 3.05) is 0 Å². The monoisotopic (exact) mass is 178 g/mol. The molecule has 0 aromatic carbocycles. The fourth-order valence-electron chi connectivity index (χ4n) is 4.47. The van der Waals surface area contributed by atoms with Crippen molar-refractivity contribution in [3.8, 4) is 0 Å². The minimum Gasteiger partial charge on any atom is -0.299 e. The predicted molar refractivity (Wildman–Crippen MR) is 51.3 cm³/mol. The molecule has 0 N–H and O–H groups in total. The van der Waals surface area contributed by atoms with Crippen molar-refractivity contribution in [1.29, 1.82) is 0 Å². The van der Waals surface area contributed by atoms with Gasteiger partial charge in [-0.15, -0.1) is 0 Å². The molecular formula is C12H18O. The van der Waals surface area contributed by atoms with Gasteiger partial charge in [0.1, 0.15) is 5.78 Å². The zero-order valence-electron chi connectivity index (χ0n) is 8.38. The fourth-order valence-corrected chi connectivity index (χ4v) is 4.47. The molecule has 72 valence electrons. The summed E-state index contributed by atoms with van der Waals surface area (Å²) < 4.78 is 0. The van der Waals surface area contributed by atoms with Gasteiger partial charge >= 0.3 is 0 Å². The van der Waals surface area contributed by atoms with Crippen LogP contribution in [-0.2, 0) is 4.79 Å². The van der Waals surface area contributed by atoms with Gasteiger partial charge in [-0.3, -0.25) is 4.79 Å². The Morgan fingerprint density at radius 1 is 1.31 bits per heavy atom. The van der Waals surface area contributed by atoms with Gasteiger partial charge in [0.05, 0.1) is 0 Å². The highest BCUT2D eigenvalue weighted by atomic mass is 16.1. The zero-order chi connectivity index (χ0) is 9.05. The molecule has 0 aliphatic heterocycles. The van der Waals surface area contributed by atoms with Gasteiger partial charge in [0.15, 0.2) is 0 Å². The molecule has 0 aromatic heterocycles. The summed E-state index contributed by atoms with van der Waals surface area (Å²) in [5.41, 5.74) is 0.447. The lowest BCUT2D eigenvalue weighted by molar-refractivity contribution is -0.148. The highest BCUT2D eigenvalue weighted by molar-refractivity contribution is 5.86. The van der Waals surface area contributed by atoms with Gasteiger partial charge in [-0.2, -0.15) is 0 Å². The van der Waals surface area contributed by atoms with Gasteiger partial charge in [-0.1, -0.05) is 19.8 Å². The Bertz CT molecular complexity index is 258. The first-order valence-electron chi connectivity index (χ1n) is 5.76. The number of ketones is 1. The molecule has 13 heavy (non-hydrogen) atoms.